The summed E-state index contributed by atoms with van der Waals surface area (Å²) in [7, 11) is 0. The van der Waals surface area contributed by atoms with E-state index in [1.54, 1.807) is 0 Å². The first kappa shape index (κ1) is 9.72. The molecule has 0 atom stereocenters. The highest BCUT2D eigenvalue weighted by molar-refractivity contribution is 5.17. The average molecular weight is 189 g/mol. The van der Waals surface area contributed by atoms with E-state index in [-0.39, 0.29) is 0 Å². The van der Waals surface area contributed by atoms with Crippen molar-refractivity contribution in [2.45, 2.75) is 37.7 Å². The maximum Gasteiger partial charge on any atom is 0.0688 e. The van der Waals surface area contributed by atoms with Gasteiger partial charge in [-0.2, -0.15) is 0 Å². The number of hydrogen-bond donors (Lipinski definition) is 1. The van der Waals surface area contributed by atoms with Gasteiger partial charge in [0.05, 0.1) is 5.60 Å². The predicted octanol–water partition coefficient (Wildman–Crippen LogP) is 2.74. The lowest BCUT2D eigenvalue weighted by molar-refractivity contribution is 0.0133. The molecule has 0 unspecified atom stereocenters. The maximum absolute atomic E-state index is 10.3. The summed E-state index contributed by atoms with van der Waals surface area (Å²) in [5.41, 5.74) is 0.799. The Morgan fingerprint density at radius 3 is 2.36 bits per heavy atom. The lowest BCUT2D eigenvalue weighted by atomic mass is 9.80. The van der Waals surface area contributed by atoms with Crippen molar-refractivity contribution in [1.82, 2.24) is 0 Å². The molecule has 0 saturated heterocycles. The molecule has 0 aliphatic heterocycles. The number of benzene rings is 1. The van der Waals surface area contributed by atoms with Crippen LogP contribution < -0.4 is 0 Å². The van der Waals surface area contributed by atoms with Crippen LogP contribution in [0.3, 0.4) is 0 Å². The quantitative estimate of drug-likeness (QED) is 0.758. The molecule has 0 bridgehead atoms. The lowest BCUT2D eigenvalue weighted by Crippen LogP contribution is -2.33. The Morgan fingerprint density at radius 2 is 1.71 bits per heavy atom. The minimum Gasteiger partial charge on any atom is -0.390 e. The molecular formula is C13H17O. The highest BCUT2D eigenvalue weighted by atomic mass is 16.3. The molecule has 0 spiro atoms. The van der Waals surface area contributed by atoms with Crippen molar-refractivity contribution in [1.29, 1.82) is 0 Å². The van der Waals surface area contributed by atoms with Crippen molar-refractivity contribution >= 4 is 0 Å². The molecule has 1 aromatic rings. The van der Waals surface area contributed by atoms with Gasteiger partial charge in [0, 0.05) is 6.42 Å². The van der Waals surface area contributed by atoms with Gasteiger partial charge in [-0.25, -0.2) is 0 Å². The molecule has 0 heterocycles. The fraction of sp³-hybridized carbons (Fsp3) is 0.462. The van der Waals surface area contributed by atoms with Crippen molar-refractivity contribution in [3.05, 3.63) is 42.3 Å². The van der Waals surface area contributed by atoms with Gasteiger partial charge >= 0.3 is 0 Å². The SMILES string of the molecule is OC1(Cc2ccccc2)CC[CH]CC1. The Morgan fingerprint density at radius 1 is 1.07 bits per heavy atom. The van der Waals surface area contributed by atoms with Crippen molar-refractivity contribution in [2.24, 2.45) is 0 Å². The monoisotopic (exact) mass is 189 g/mol. The smallest absolute Gasteiger partial charge is 0.0688 e. The van der Waals surface area contributed by atoms with Crippen LogP contribution >= 0.6 is 0 Å². The zero-order valence-electron chi connectivity index (χ0n) is 8.45. The highest BCUT2D eigenvalue weighted by Crippen LogP contribution is 2.30. The summed E-state index contributed by atoms with van der Waals surface area (Å²) in [5.74, 6) is 0. The Kier molecular flexibility index (Phi) is 2.87. The lowest BCUT2D eigenvalue weighted by Gasteiger charge is -2.32. The Balaban J connectivity index is 2.02. The summed E-state index contributed by atoms with van der Waals surface area (Å²) in [6, 6.07) is 10.3. The van der Waals surface area contributed by atoms with Gasteiger partial charge in [-0.1, -0.05) is 30.3 Å². The molecule has 1 N–H and O–H groups in total. The van der Waals surface area contributed by atoms with E-state index in [1.807, 2.05) is 18.2 Å². The topological polar surface area (TPSA) is 20.2 Å². The van der Waals surface area contributed by atoms with E-state index in [0.29, 0.717) is 0 Å². The Hall–Kier alpha value is -0.820. The number of hydrogen-bond acceptors (Lipinski definition) is 1. The van der Waals surface area contributed by atoms with E-state index in [2.05, 4.69) is 18.6 Å². The molecule has 14 heavy (non-hydrogen) atoms. The summed E-state index contributed by atoms with van der Waals surface area (Å²) < 4.78 is 0. The molecule has 1 aliphatic rings. The molecule has 0 amide bonds. The van der Waals surface area contributed by atoms with E-state index in [0.717, 1.165) is 32.1 Å². The average Bonchev–Trinajstić information content (AvgIpc) is 2.19. The summed E-state index contributed by atoms with van der Waals surface area (Å²) in [6.45, 7) is 0. The zero-order chi connectivity index (χ0) is 9.86. The molecule has 1 heteroatoms. The Labute approximate surface area is 85.8 Å². The van der Waals surface area contributed by atoms with Crippen LogP contribution in [0.4, 0.5) is 0 Å². The van der Waals surface area contributed by atoms with Gasteiger partial charge in [0.15, 0.2) is 0 Å². The van der Waals surface area contributed by atoms with E-state index in [4.69, 9.17) is 0 Å². The minimum absolute atomic E-state index is 0.448. The number of aliphatic hydroxyl groups is 1. The summed E-state index contributed by atoms with van der Waals surface area (Å²) in [6.07, 6.45) is 7.04. The second kappa shape index (κ2) is 4.14. The first-order chi connectivity index (χ1) is 6.79. The molecule has 1 saturated carbocycles. The van der Waals surface area contributed by atoms with Gasteiger partial charge in [0.25, 0.3) is 0 Å². The standard InChI is InChI=1S/C13H17O/c14-13(9-5-2-6-10-13)11-12-7-3-1-4-8-12/h1-4,7-8,14H,5-6,9-11H2. The van der Waals surface area contributed by atoms with Crippen molar-refractivity contribution in [3.8, 4) is 0 Å². The largest absolute Gasteiger partial charge is 0.390 e. The third-order valence-corrected chi connectivity index (χ3v) is 3.00. The second-order valence-electron chi connectivity index (χ2n) is 4.25. The third kappa shape index (κ3) is 2.36. The van der Waals surface area contributed by atoms with E-state index in [1.165, 1.54) is 5.56 Å². The van der Waals surface area contributed by atoms with Crippen LogP contribution in [0.5, 0.6) is 0 Å². The van der Waals surface area contributed by atoms with E-state index in [9.17, 15) is 5.11 Å². The second-order valence-corrected chi connectivity index (χ2v) is 4.25. The van der Waals surface area contributed by atoms with Crippen molar-refractivity contribution in [3.63, 3.8) is 0 Å². The summed E-state index contributed by atoms with van der Waals surface area (Å²) >= 11 is 0. The van der Waals surface area contributed by atoms with Crippen LogP contribution in [-0.4, -0.2) is 10.7 Å². The molecular weight excluding hydrogens is 172 g/mol. The van der Waals surface area contributed by atoms with Gasteiger partial charge in [-0.15, -0.1) is 0 Å². The van der Waals surface area contributed by atoms with Crippen LogP contribution in [0.2, 0.25) is 0 Å². The summed E-state index contributed by atoms with van der Waals surface area (Å²) in [5, 5.41) is 10.3. The molecule has 1 aromatic carbocycles. The minimum atomic E-state index is -0.448. The fourth-order valence-corrected chi connectivity index (χ4v) is 2.16. The van der Waals surface area contributed by atoms with Crippen LogP contribution in [0.1, 0.15) is 31.2 Å². The predicted molar refractivity (Wildman–Crippen MR) is 57.9 cm³/mol. The highest BCUT2D eigenvalue weighted by Gasteiger charge is 2.28. The van der Waals surface area contributed by atoms with Gasteiger partial charge in [-0.05, 0) is 37.7 Å². The van der Waals surface area contributed by atoms with Crippen molar-refractivity contribution < 1.29 is 5.11 Å². The maximum atomic E-state index is 10.3. The molecule has 75 valence electrons. The first-order valence-corrected chi connectivity index (χ1v) is 5.37. The van der Waals surface area contributed by atoms with Crippen LogP contribution in [0.25, 0.3) is 0 Å². The van der Waals surface area contributed by atoms with Gasteiger partial charge < -0.3 is 5.11 Å². The summed E-state index contributed by atoms with van der Waals surface area (Å²) in [4.78, 5) is 0. The Bertz CT molecular complexity index is 273. The van der Waals surface area contributed by atoms with Gasteiger partial charge in [0.1, 0.15) is 0 Å². The zero-order valence-corrected chi connectivity index (χ0v) is 8.45. The molecule has 0 aromatic heterocycles. The van der Waals surface area contributed by atoms with E-state index < -0.39 is 5.60 Å². The third-order valence-electron chi connectivity index (χ3n) is 3.00. The van der Waals surface area contributed by atoms with Crippen LogP contribution in [-0.2, 0) is 6.42 Å². The first-order valence-electron chi connectivity index (χ1n) is 5.37. The molecule has 1 fully saturated rings. The van der Waals surface area contributed by atoms with Crippen LogP contribution in [0, 0.1) is 6.42 Å². The normalized spacial score (nSPS) is 20.6. The number of rotatable bonds is 2. The molecule has 2 rings (SSSR count). The molecule has 1 aliphatic carbocycles. The fourth-order valence-electron chi connectivity index (χ4n) is 2.16. The van der Waals surface area contributed by atoms with Crippen molar-refractivity contribution in [2.75, 3.05) is 0 Å². The van der Waals surface area contributed by atoms with Gasteiger partial charge in [-0.3, -0.25) is 0 Å². The van der Waals surface area contributed by atoms with Gasteiger partial charge in [0.2, 0.25) is 0 Å². The molecule has 1 nitrogen and oxygen atoms in total. The van der Waals surface area contributed by atoms with E-state index >= 15 is 0 Å². The molecule has 1 radical (unpaired) electrons. The van der Waals surface area contributed by atoms with Crippen LogP contribution in [0.15, 0.2) is 30.3 Å².